The van der Waals surface area contributed by atoms with Gasteiger partial charge in [-0.05, 0) is 59.2 Å². The van der Waals surface area contributed by atoms with Crippen molar-refractivity contribution in [3.63, 3.8) is 0 Å². The van der Waals surface area contributed by atoms with Gasteiger partial charge in [-0.15, -0.1) is 0 Å². The molecule has 196 valence electrons. The maximum absolute atomic E-state index is 13.8. The van der Waals surface area contributed by atoms with E-state index in [-0.39, 0.29) is 11.7 Å². The van der Waals surface area contributed by atoms with Crippen molar-refractivity contribution in [2.24, 2.45) is 0 Å². The van der Waals surface area contributed by atoms with Crippen LogP contribution in [-0.2, 0) is 19.7 Å². The van der Waals surface area contributed by atoms with E-state index in [1.54, 1.807) is 41.6 Å². The third-order valence-electron chi connectivity index (χ3n) is 5.93. The Balaban J connectivity index is 1.56. The lowest BCUT2D eigenvalue weighted by Crippen LogP contribution is -2.30. The van der Waals surface area contributed by atoms with Gasteiger partial charge in [-0.3, -0.25) is 9.78 Å². The lowest BCUT2D eigenvalue weighted by atomic mass is 10.1. The Bertz CT molecular complexity index is 1350. The molecule has 4 rings (SSSR count). The molecule has 3 aromatic carbocycles. The highest BCUT2D eigenvalue weighted by atomic mass is 19.1. The number of pyridine rings is 1. The fourth-order valence-electron chi connectivity index (χ4n) is 4.01. The van der Waals surface area contributed by atoms with E-state index in [2.05, 4.69) is 4.98 Å². The van der Waals surface area contributed by atoms with Crippen molar-refractivity contribution in [1.82, 2.24) is 9.88 Å². The van der Waals surface area contributed by atoms with Crippen LogP contribution in [0.4, 0.5) is 4.39 Å². The molecule has 7 nitrogen and oxygen atoms in total. The van der Waals surface area contributed by atoms with Crippen molar-refractivity contribution >= 4 is 5.91 Å². The third kappa shape index (κ3) is 6.39. The lowest BCUT2D eigenvalue weighted by molar-refractivity contribution is 0.0725. The lowest BCUT2D eigenvalue weighted by Gasteiger charge is -2.25. The van der Waals surface area contributed by atoms with Crippen LogP contribution in [0.25, 0.3) is 0 Å². The summed E-state index contributed by atoms with van der Waals surface area (Å²) in [6.07, 6.45) is 3.43. The molecule has 0 bridgehead atoms. The summed E-state index contributed by atoms with van der Waals surface area (Å²) in [6, 6.07) is 20.8. The van der Waals surface area contributed by atoms with Crippen molar-refractivity contribution in [3.05, 3.63) is 113 Å². The highest BCUT2D eigenvalue weighted by molar-refractivity contribution is 5.98. The second kappa shape index (κ2) is 12.6. The predicted octanol–water partition coefficient (Wildman–Crippen LogP) is 5.67. The van der Waals surface area contributed by atoms with E-state index >= 15 is 0 Å². The van der Waals surface area contributed by atoms with E-state index in [0.29, 0.717) is 48.3 Å². The molecule has 4 aromatic rings. The Morgan fingerprint density at radius 2 is 1.47 bits per heavy atom. The zero-order valence-electron chi connectivity index (χ0n) is 21.5. The molecule has 38 heavy (non-hydrogen) atoms. The summed E-state index contributed by atoms with van der Waals surface area (Å²) >= 11 is 0. The van der Waals surface area contributed by atoms with Crippen LogP contribution >= 0.6 is 0 Å². The third-order valence-corrected chi connectivity index (χ3v) is 5.93. The Morgan fingerprint density at radius 3 is 2.11 bits per heavy atom. The highest BCUT2D eigenvalue weighted by Gasteiger charge is 2.25. The van der Waals surface area contributed by atoms with Crippen LogP contribution in [0.2, 0.25) is 0 Å². The molecule has 0 N–H and O–H groups in total. The summed E-state index contributed by atoms with van der Waals surface area (Å²) in [4.78, 5) is 19.7. The number of carbonyl (C=O) groups is 1. The number of rotatable bonds is 11. The number of carbonyl (C=O) groups excluding carboxylic acids is 1. The van der Waals surface area contributed by atoms with Gasteiger partial charge in [-0.25, -0.2) is 4.39 Å². The van der Waals surface area contributed by atoms with E-state index in [1.807, 2.05) is 36.4 Å². The first kappa shape index (κ1) is 26.5. The standard InChI is InChI=1S/C30H29FN2O5/c1-35-27-15-14-26(28(36-2)29(27)37-3)30(34)33(19-23-5-4-16-32-17-23)18-21-8-12-25(13-9-21)38-20-22-6-10-24(31)11-7-22/h4-17H,18-20H2,1-3H3. The summed E-state index contributed by atoms with van der Waals surface area (Å²) in [6.45, 7) is 1.00. The fourth-order valence-corrected chi connectivity index (χ4v) is 4.01. The number of hydrogen-bond donors (Lipinski definition) is 0. The topological polar surface area (TPSA) is 70.1 Å². The highest BCUT2D eigenvalue weighted by Crippen LogP contribution is 2.40. The van der Waals surface area contributed by atoms with E-state index in [1.165, 1.54) is 33.5 Å². The Kier molecular flexibility index (Phi) is 8.77. The van der Waals surface area contributed by atoms with Gasteiger partial charge in [0.05, 0.1) is 26.9 Å². The second-order valence-corrected chi connectivity index (χ2v) is 8.46. The van der Waals surface area contributed by atoms with Crippen LogP contribution in [0.5, 0.6) is 23.0 Å². The summed E-state index contributed by atoms with van der Waals surface area (Å²) in [5, 5.41) is 0. The van der Waals surface area contributed by atoms with Gasteiger partial charge < -0.3 is 23.8 Å². The van der Waals surface area contributed by atoms with Gasteiger partial charge in [0.2, 0.25) is 5.75 Å². The molecule has 0 saturated heterocycles. The number of ether oxygens (including phenoxy) is 4. The molecule has 0 radical (unpaired) electrons. The zero-order valence-corrected chi connectivity index (χ0v) is 21.5. The van der Waals surface area contributed by atoms with Crippen LogP contribution in [0.1, 0.15) is 27.0 Å². The van der Waals surface area contributed by atoms with Crippen LogP contribution in [0.3, 0.4) is 0 Å². The zero-order chi connectivity index (χ0) is 26.9. The summed E-state index contributed by atoms with van der Waals surface area (Å²) in [5.74, 6) is 1.28. The minimum absolute atomic E-state index is 0.233. The molecule has 0 saturated carbocycles. The van der Waals surface area contributed by atoms with Crippen molar-refractivity contribution in [2.45, 2.75) is 19.7 Å². The first-order valence-corrected chi connectivity index (χ1v) is 12.0. The van der Waals surface area contributed by atoms with Crippen molar-refractivity contribution < 1.29 is 28.1 Å². The Hall–Kier alpha value is -4.59. The molecular formula is C30H29FN2O5. The fraction of sp³-hybridized carbons (Fsp3) is 0.200. The number of halogens is 1. The van der Waals surface area contributed by atoms with Gasteiger partial charge in [-0.1, -0.05) is 30.3 Å². The molecule has 0 unspecified atom stereocenters. The van der Waals surface area contributed by atoms with E-state index in [4.69, 9.17) is 18.9 Å². The molecule has 0 aliphatic heterocycles. The molecule has 0 aliphatic carbocycles. The van der Waals surface area contributed by atoms with Gasteiger partial charge in [0.1, 0.15) is 18.2 Å². The van der Waals surface area contributed by atoms with Gasteiger partial charge in [-0.2, -0.15) is 0 Å². The van der Waals surface area contributed by atoms with E-state index in [9.17, 15) is 9.18 Å². The van der Waals surface area contributed by atoms with Crippen molar-refractivity contribution in [1.29, 1.82) is 0 Å². The number of hydrogen-bond acceptors (Lipinski definition) is 6. The second-order valence-electron chi connectivity index (χ2n) is 8.46. The van der Waals surface area contributed by atoms with Gasteiger partial charge in [0.25, 0.3) is 5.91 Å². The average molecular weight is 517 g/mol. The van der Waals surface area contributed by atoms with Crippen LogP contribution in [-0.4, -0.2) is 37.1 Å². The van der Waals surface area contributed by atoms with Crippen LogP contribution < -0.4 is 18.9 Å². The molecule has 0 aliphatic rings. The largest absolute Gasteiger partial charge is 0.493 e. The number of nitrogens with zero attached hydrogens (tertiary/aromatic N) is 2. The molecule has 8 heteroatoms. The normalized spacial score (nSPS) is 10.5. The van der Waals surface area contributed by atoms with Crippen LogP contribution in [0.15, 0.2) is 85.2 Å². The first-order valence-electron chi connectivity index (χ1n) is 12.0. The minimum atomic E-state index is -0.283. The molecule has 0 fully saturated rings. The predicted molar refractivity (Wildman–Crippen MR) is 141 cm³/mol. The Labute approximate surface area is 221 Å². The van der Waals surface area contributed by atoms with Gasteiger partial charge in [0, 0.05) is 25.5 Å². The summed E-state index contributed by atoms with van der Waals surface area (Å²) < 4.78 is 35.4. The maximum Gasteiger partial charge on any atom is 0.258 e. The van der Waals surface area contributed by atoms with Gasteiger partial charge >= 0.3 is 0 Å². The number of benzene rings is 3. The number of methoxy groups -OCH3 is 3. The van der Waals surface area contributed by atoms with Crippen LogP contribution in [0, 0.1) is 5.82 Å². The van der Waals surface area contributed by atoms with Crippen molar-refractivity contribution in [2.75, 3.05) is 21.3 Å². The molecule has 0 atom stereocenters. The summed E-state index contributed by atoms with van der Waals surface area (Å²) in [7, 11) is 4.52. The summed E-state index contributed by atoms with van der Waals surface area (Å²) in [5.41, 5.74) is 3.02. The quantitative estimate of drug-likeness (QED) is 0.256. The number of aromatic nitrogens is 1. The van der Waals surface area contributed by atoms with Crippen molar-refractivity contribution in [3.8, 4) is 23.0 Å². The Morgan fingerprint density at radius 1 is 0.789 bits per heavy atom. The number of amides is 1. The minimum Gasteiger partial charge on any atom is -0.493 e. The van der Waals surface area contributed by atoms with E-state index < -0.39 is 0 Å². The SMILES string of the molecule is COc1ccc(C(=O)N(Cc2ccc(OCc3ccc(F)cc3)cc2)Cc2cccnc2)c(OC)c1OC. The molecule has 1 aromatic heterocycles. The monoisotopic (exact) mass is 516 g/mol. The molecule has 0 spiro atoms. The molecule has 1 amide bonds. The van der Waals surface area contributed by atoms with Gasteiger partial charge in [0.15, 0.2) is 11.5 Å². The molecular weight excluding hydrogens is 487 g/mol. The van der Waals surface area contributed by atoms with E-state index in [0.717, 1.165) is 16.7 Å². The average Bonchev–Trinajstić information content (AvgIpc) is 2.96. The smallest absolute Gasteiger partial charge is 0.258 e. The first-order chi connectivity index (χ1) is 18.5. The maximum atomic E-state index is 13.8. The molecule has 1 heterocycles.